The number of hydrogen-bond acceptors (Lipinski definition) is 3. The summed E-state index contributed by atoms with van der Waals surface area (Å²) >= 11 is 0. The molecule has 24 heavy (non-hydrogen) atoms. The van der Waals surface area contributed by atoms with Crippen molar-refractivity contribution >= 4 is 17.4 Å². The van der Waals surface area contributed by atoms with Gasteiger partial charge in [0.25, 0.3) is 0 Å². The van der Waals surface area contributed by atoms with Crippen molar-refractivity contribution in [1.29, 1.82) is 0 Å². The number of rotatable bonds is 4. The lowest BCUT2D eigenvalue weighted by Gasteiger charge is -2.32. The van der Waals surface area contributed by atoms with Gasteiger partial charge in [0.15, 0.2) is 0 Å². The Hall–Kier alpha value is -2.36. The molecule has 126 valence electrons. The minimum Gasteiger partial charge on any atom is -0.370 e. The van der Waals surface area contributed by atoms with E-state index in [0.717, 1.165) is 30.3 Å². The molecule has 1 amide bonds. The predicted molar refractivity (Wildman–Crippen MR) is 98.4 cm³/mol. The summed E-state index contributed by atoms with van der Waals surface area (Å²) in [6.07, 6.45) is 4.77. The molecule has 1 aliphatic heterocycles. The van der Waals surface area contributed by atoms with Crippen LogP contribution in [0.3, 0.4) is 0 Å². The lowest BCUT2D eigenvalue weighted by molar-refractivity contribution is -0.115. The molecule has 2 aromatic rings. The minimum atomic E-state index is -0.0348. The first-order valence-corrected chi connectivity index (χ1v) is 8.66. The molecule has 0 saturated carbocycles. The molecular formula is C20H25N3O. The molecule has 4 heteroatoms. The van der Waals surface area contributed by atoms with Gasteiger partial charge in [-0.15, -0.1) is 0 Å². The van der Waals surface area contributed by atoms with Crippen molar-refractivity contribution in [2.45, 2.75) is 33.1 Å². The van der Waals surface area contributed by atoms with Crippen molar-refractivity contribution in [2.75, 3.05) is 23.3 Å². The first kappa shape index (κ1) is 16.5. The number of benzene rings is 1. The van der Waals surface area contributed by atoms with Crippen LogP contribution in [0.25, 0.3) is 0 Å². The van der Waals surface area contributed by atoms with Crippen LogP contribution in [0, 0.1) is 12.8 Å². The van der Waals surface area contributed by atoms with Gasteiger partial charge >= 0.3 is 0 Å². The molecule has 0 bridgehead atoms. The van der Waals surface area contributed by atoms with E-state index in [0.29, 0.717) is 12.2 Å². The van der Waals surface area contributed by atoms with Crippen LogP contribution in [0.2, 0.25) is 0 Å². The zero-order chi connectivity index (χ0) is 16.9. The molecule has 1 aromatic heterocycles. The van der Waals surface area contributed by atoms with E-state index in [-0.39, 0.29) is 5.91 Å². The van der Waals surface area contributed by atoms with Crippen LogP contribution in [-0.2, 0) is 11.2 Å². The molecule has 1 aliphatic rings. The molecule has 1 saturated heterocycles. The monoisotopic (exact) mass is 323 g/mol. The maximum atomic E-state index is 12.2. The van der Waals surface area contributed by atoms with Crippen LogP contribution >= 0.6 is 0 Å². The summed E-state index contributed by atoms with van der Waals surface area (Å²) in [4.78, 5) is 18.9. The molecule has 0 radical (unpaired) electrons. The predicted octanol–water partition coefficient (Wildman–Crippen LogP) is 3.81. The SMILES string of the molecule is Cc1cccc(CC(=O)Nc2ccc(N3CCCC(C)C3)cn2)c1. The zero-order valence-corrected chi connectivity index (χ0v) is 14.5. The van der Waals surface area contributed by atoms with Crippen molar-refractivity contribution in [2.24, 2.45) is 5.92 Å². The molecule has 1 N–H and O–H groups in total. The number of carbonyl (C=O) groups excluding carboxylic acids is 1. The van der Waals surface area contributed by atoms with E-state index < -0.39 is 0 Å². The topological polar surface area (TPSA) is 45.2 Å². The Morgan fingerprint density at radius 3 is 2.92 bits per heavy atom. The molecule has 3 rings (SSSR count). The lowest BCUT2D eigenvalue weighted by atomic mass is 10.00. The number of piperidine rings is 1. The van der Waals surface area contributed by atoms with Crippen molar-refractivity contribution in [3.05, 3.63) is 53.7 Å². The Kier molecular flexibility index (Phi) is 5.14. The van der Waals surface area contributed by atoms with Crippen molar-refractivity contribution in [3.63, 3.8) is 0 Å². The summed E-state index contributed by atoms with van der Waals surface area (Å²) < 4.78 is 0. The summed E-state index contributed by atoms with van der Waals surface area (Å²) in [5, 5.41) is 2.88. The second kappa shape index (κ2) is 7.47. The van der Waals surface area contributed by atoms with Gasteiger partial charge in [0.1, 0.15) is 5.82 Å². The zero-order valence-electron chi connectivity index (χ0n) is 14.5. The van der Waals surface area contributed by atoms with Crippen LogP contribution in [0.5, 0.6) is 0 Å². The number of carbonyl (C=O) groups is 1. The first-order valence-electron chi connectivity index (χ1n) is 8.66. The molecule has 2 heterocycles. The fourth-order valence-corrected chi connectivity index (χ4v) is 3.27. The van der Waals surface area contributed by atoms with Crippen LogP contribution < -0.4 is 10.2 Å². The summed E-state index contributed by atoms with van der Waals surface area (Å²) in [6.45, 7) is 6.49. The average molecular weight is 323 g/mol. The van der Waals surface area contributed by atoms with Gasteiger partial charge in [-0.3, -0.25) is 4.79 Å². The lowest BCUT2D eigenvalue weighted by Crippen LogP contribution is -2.34. The third kappa shape index (κ3) is 4.34. The molecule has 0 spiro atoms. The highest BCUT2D eigenvalue weighted by Gasteiger charge is 2.16. The Bertz CT molecular complexity index is 696. The molecule has 4 nitrogen and oxygen atoms in total. The van der Waals surface area contributed by atoms with Crippen LogP contribution in [-0.4, -0.2) is 24.0 Å². The van der Waals surface area contributed by atoms with Gasteiger partial charge < -0.3 is 10.2 Å². The Balaban J connectivity index is 1.58. The fraction of sp³-hybridized carbons (Fsp3) is 0.400. The van der Waals surface area contributed by atoms with Crippen molar-refractivity contribution < 1.29 is 4.79 Å². The van der Waals surface area contributed by atoms with E-state index in [1.54, 1.807) is 0 Å². The number of aromatic nitrogens is 1. The quantitative estimate of drug-likeness (QED) is 0.930. The van der Waals surface area contributed by atoms with Gasteiger partial charge in [0.2, 0.25) is 5.91 Å². The number of aryl methyl sites for hydroxylation is 1. The van der Waals surface area contributed by atoms with Gasteiger partial charge in [-0.2, -0.15) is 0 Å². The Morgan fingerprint density at radius 2 is 2.21 bits per heavy atom. The van der Waals surface area contributed by atoms with Crippen LogP contribution in [0.4, 0.5) is 11.5 Å². The second-order valence-corrected chi connectivity index (χ2v) is 6.81. The van der Waals surface area contributed by atoms with Gasteiger partial charge in [-0.25, -0.2) is 4.98 Å². The molecular weight excluding hydrogens is 298 g/mol. The number of nitrogens with one attached hydrogen (secondary N) is 1. The third-order valence-electron chi connectivity index (χ3n) is 4.48. The van der Waals surface area contributed by atoms with Gasteiger partial charge in [0.05, 0.1) is 18.3 Å². The smallest absolute Gasteiger partial charge is 0.229 e. The molecule has 1 aromatic carbocycles. The summed E-state index contributed by atoms with van der Waals surface area (Å²) in [5.74, 6) is 1.31. The molecule has 1 unspecified atom stereocenters. The van der Waals surface area contributed by atoms with Gasteiger partial charge in [-0.1, -0.05) is 36.8 Å². The van der Waals surface area contributed by atoms with E-state index in [2.05, 4.69) is 22.1 Å². The van der Waals surface area contributed by atoms with E-state index in [1.807, 2.05) is 49.5 Å². The second-order valence-electron chi connectivity index (χ2n) is 6.81. The highest BCUT2D eigenvalue weighted by molar-refractivity contribution is 5.91. The normalized spacial score (nSPS) is 17.6. The Labute approximate surface area is 143 Å². The van der Waals surface area contributed by atoms with Crippen LogP contribution in [0.15, 0.2) is 42.6 Å². The number of pyridine rings is 1. The highest BCUT2D eigenvalue weighted by Crippen LogP contribution is 2.23. The molecule has 1 atom stereocenters. The van der Waals surface area contributed by atoms with Crippen molar-refractivity contribution in [3.8, 4) is 0 Å². The van der Waals surface area contributed by atoms with E-state index in [9.17, 15) is 4.79 Å². The number of amides is 1. The van der Waals surface area contributed by atoms with Crippen LogP contribution in [0.1, 0.15) is 30.9 Å². The average Bonchev–Trinajstić information content (AvgIpc) is 2.55. The maximum absolute atomic E-state index is 12.2. The summed E-state index contributed by atoms with van der Waals surface area (Å²) in [5.41, 5.74) is 3.32. The van der Waals surface area contributed by atoms with Crippen molar-refractivity contribution in [1.82, 2.24) is 4.98 Å². The number of nitrogens with zero attached hydrogens (tertiary/aromatic N) is 2. The largest absolute Gasteiger partial charge is 0.370 e. The third-order valence-corrected chi connectivity index (χ3v) is 4.48. The number of hydrogen-bond donors (Lipinski definition) is 1. The first-order chi connectivity index (χ1) is 11.6. The van der Waals surface area contributed by atoms with Gasteiger partial charge in [-0.05, 0) is 43.4 Å². The molecule has 1 fully saturated rings. The standard InChI is InChI=1S/C20H25N3O/c1-15-5-3-7-17(11-15)12-20(24)22-19-9-8-18(13-21-19)23-10-4-6-16(2)14-23/h3,5,7-9,11,13,16H,4,6,10,12,14H2,1-2H3,(H,21,22,24). The van der Waals surface area contributed by atoms with E-state index in [4.69, 9.17) is 0 Å². The van der Waals surface area contributed by atoms with Gasteiger partial charge in [0, 0.05) is 13.1 Å². The summed E-state index contributed by atoms with van der Waals surface area (Å²) in [7, 11) is 0. The minimum absolute atomic E-state index is 0.0348. The maximum Gasteiger partial charge on any atom is 0.229 e. The fourth-order valence-electron chi connectivity index (χ4n) is 3.27. The summed E-state index contributed by atoms with van der Waals surface area (Å²) in [6, 6.07) is 12.0. The Morgan fingerprint density at radius 1 is 1.33 bits per heavy atom. The van der Waals surface area contributed by atoms with E-state index >= 15 is 0 Å². The molecule has 0 aliphatic carbocycles. The highest BCUT2D eigenvalue weighted by atomic mass is 16.1. The van der Waals surface area contributed by atoms with E-state index in [1.165, 1.54) is 18.4 Å². The number of anilines is 2.